The van der Waals surface area contributed by atoms with Crippen molar-refractivity contribution in [3.8, 4) is 0 Å². The van der Waals surface area contributed by atoms with Crippen molar-refractivity contribution in [3.05, 3.63) is 40.3 Å². The number of rotatable bonds is 2. The van der Waals surface area contributed by atoms with Gasteiger partial charge in [-0.1, -0.05) is 25.1 Å². The summed E-state index contributed by atoms with van der Waals surface area (Å²) in [4.78, 5) is 16.8. The molecule has 1 heterocycles. The molecule has 0 saturated carbocycles. The highest BCUT2D eigenvalue weighted by atomic mass is 16.1. The average Bonchev–Trinajstić information content (AvgIpc) is 2.61. The largest absolute Gasteiger partial charge is 0.323 e. The number of allylic oxidation sites excluding steroid dienone is 2. The number of aromatic nitrogens is 2. The molecule has 78 valence electrons. The molecule has 3 nitrogen and oxygen atoms in total. The third-order valence-electron chi connectivity index (χ3n) is 2.63. The van der Waals surface area contributed by atoms with Crippen molar-refractivity contribution < 1.29 is 0 Å². The van der Waals surface area contributed by atoms with Gasteiger partial charge in [-0.05, 0) is 25.0 Å². The van der Waals surface area contributed by atoms with Gasteiger partial charge in [0.05, 0.1) is 11.0 Å². The fourth-order valence-electron chi connectivity index (χ4n) is 1.88. The number of para-hydroxylation sites is 1. The SMILES string of the molecule is C/C=C(/CC)c1cccc2[nH]c(=O)[nH]c12. The minimum absolute atomic E-state index is 0.149. The number of fused-ring (bicyclic) bond motifs is 1. The lowest BCUT2D eigenvalue weighted by molar-refractivity contribution is 1.21. The highest BCUT2D eigenvalue weighted by Crippen LogP contribution is 2.23. The molecule has 0 aliphatic heterocycles. The number of nitrogens with one attached hydrogen (secondary N) is 2. The number of aromatic amines is 2. The van der Waals surface area contributed by atoms with E-state index in [2.05, 4.69) is 23.0 Å². The molecule has 15 heavy (non-hydrogen) atoms. The van der Waals surface area contributed by atoms with Crippen LogP contribution < -0.4 is 5.69 Å². The van der Waals surface area contributed by atoms with E-state index in [1.807, 2.05) is 25.1 Å². The first-order chi connectivity index (χ1) is 7.26. The van der Waals surface area contributed by atoms with E-state index in [4.69, 9.17) is 0 Å². The monoisotopic (exact) mass is 202 g/mol. The molecule has 0 bridgehead atoms. The van der Waals surface area contributed by atoms with Gasteiger partial charge in [-0.15, -0.1) is 0 Å². The fourth-order valence-corrected chi connectivity index (χ4v) is 1.88. The van der Waals surface area contributed by atoms with Crippen molar-refractivity contribution in [2.45, 2.75) is 20.3 Å². The van der Waals surface area contributed by atoms with Gasteiger partial charge in [0.2, 0.25) is 0 Å². The molecule has 0 atom stereocenters. The van der Waals surface area contributed by atoms with Crippen LogP contribution in [0.5, 0.6) is 0 Å². The summed E-state index contributed by atoms with van der Waals surface area (Å²) in [6, 6.07) is 5.89. The average molecular weight is 202 g/mol. The Kier molecular flexibility index (Phi) is 2.46. The second kappa shape index (κ2) is 3.77. The Morgan fingerprint density at radius 1 is 1.40 bits per heavy atom. The summed E-state index contributed by atoms with van der Waals surface area (Å²) in [5.41, 5.74) is 3.97. The first-order valence-electron chi connectivity index (χ1n) is 5.12. The lowest BCUT2D eigenvalue weighted by Crippen LogP contribution is -1.99. The number of benzene rings is 1. The number of H-pyrrole nitrogens is 2. The van der Waals surface area contributed by atoms with Crippen molar-refractivity contribution in [1.82, 2.24) is 9.97 Å². The standard InChI is InChI=1S/C12H14N2O/c1-3-8(4-2)9-6-5-7-10-11(9)14-12(15)13-10/h3,5-7H,4H2,1-2H3,(H2,13,14,15)/b8-3-. The highest BCUT2D eigenvalue weighted by Gasteiger charge is 2.06. The molecule has 0 amide bonds. The van der Waals surface area contributed by atoms with Gasteiger partial charge >= 0.3 is 5.69 Å². The molecule has 1 aromatic carbocycles. The normalized spacial score (nSPS) is 12.3. The van der Waals surface area contributed by atoms with Crippen LogP contribution in [0.4, 0.5) is 0 Å². The van der Waals surface area contributed by atoms with Crippen molar-refractivity contribution in [1.29, 1.82) is 0 Å². The van der Waals surface area contributed by atoms with Crippen molar-refractivity contribution in [2.24, 2.45) is 0 Å². The van der Waals surface area contributed by atoms with Crippen LogP contribution in [0.2, 0.25) is 0 Å². The molecule has 0 unspecified atom stereocenters. The van der Waals surface area contributed by atoms with Crippen LogP contribution in [0.25, 0.3) is 16.6 Å². The maximum atomic E-state index is 11.2. The van der Waals surface area contributed by atoms with E-state index >= 15 is 0 Å². The summed E-state index contributed by atoms with van der Waals surface area (Å²) in [5, 5.41) is 0. The molecule has 3 heteroatoms. The smallest absolute Gasteiger partial charge is 0.306 e. The maximum Gasteiger partial charge on any atom is 0.323 e. The van der Waals surface area contributed by atoms with Gasteiger partial charge in [-0.2, -0.15) is 0 Å². The minimum atomic E-state index is -0.149. The Bertz CT molecular complexity index is 560. The van der Waals surface area contributed by atoms with E-state index in [1.165, 1.54) is 5.57 Å². The minimum Gasteiger partial charge on any atom is -0.306 e. The Morgan fingerprint density at radius 3 is 2.87 bits per heavy atom. The second-order valence-corrected chi connectivity index (χ2v) is 3.47. The van der Waals surface area contributed by atoms with E-state index in [9.17, 15) is 4.79 Å². The molecular formula is C12H14N2O. The molecular weight excluding hydrogens is 188 g/mol. The van der Waals surface area contributed by atoms with Crippen LogP contribution in [0.3, 0.4) is 0 Å². The molecule has 0 aliphatic carbocycles. The summed E-state index contributed by atoms with van der Waals surface area (Å²) in [6.45, 7) is 4.13. The first-order valence-corrected chi connectivity index (χ1v) is 5.12. The number of hydrogen-bond donors (Lipinski definition) is 2. The van der Waals surface area contributed by atoms with E-state index in [-0.39, 0.29) is 5.69 Å². The quantitative estimate of drug-likeness (QED) is 0.772. The zero-order valence-electron chi connectivity index (χ0n) is 8.92. The van der Waals surface area contributed by atoms with Crippen molar-refractivity contribution in [2.75, 3.05) is 0 Å². The molecule has 1 aromatic heterocycles. The van der Waals surface area contributed by atoms with Gasteiger partial charge in [0.1, 0.15) is 0 Å². The summed E-state index contributed by atoms with van der Waals surface area (Å²) in [7, 11) is 0. The van der Waals surface area contributed by atoms with Gasteiger partial charge in [-0.3, -0.25) is 0 Å². The van der Waals surface area contributed by atoms with E-state index in [0.717, 1.165) is 23.0 Å². The van der Waals surface area contributed by atoms with Gasteiger partial charge < -0.3 is 9.97 Å². The zero-order valence-corrected chi connectivity index (χ0v) is 8.92. The van der Waals surface area contributed by atoms with Crippen LogP contribution in [-0.4, -0.2) is 9.97 Å². The molecule has 2 N–H and O–H groups in total. The molecule has 2 rings (SSSR count). The van der Waals surface area contributed by atoms with E-state index < -0.39 is 0 Å². The van der Waals surface area contributed by atoms with Gasteiger partial charge in [0, 0.05) is 5.56 Å². The lowest BCUT2D eigenvalue weighted by Gasteiger charge is -2.04. The fraction of sp³-hybridized carbons (Fsp3) is 0.250. The molecule has 0 radical (unpaired) electrons. The van der Waals surface area contributed by atoms with Gasteiger partial charge in [0.15, 0.2) is 0 Å². The van der Waals surface area contributed by atoms with Crippen LogP contribution in [0, 0.1) is 0 Å². The summed E-state index contributed by atoms with van der Waals surface area (Å²) < 4.78 is 0. The maximum absolute atomic E-state index is 11.2. The molecule has 0 spiro atoms. The zero-order chi connectivity index (χ0) is 10.8. The topological polar surface area (TPSA) is 48.6 Å². The van der Waals surface area contributed by atoms with Crippen LogP contribution in [0.15, 0.2) is 29.1 Å². The summed E-state index contributed by atoms with van der Waals surface area (Å²) in [6.07, 6.45) is 3.04. The summed E-state index contributed by atoms with van der Waals surface area (Å²) >= 11 is 0. The lowest BCUT2D eigenvalue weighted by atomic mass is 10.0. The second-order valence-electron chi connectivity index (χ2n) is 3.47. The third-order valence-corrected chi connectivity index (χ3v) is 2.63. The van der Waals surface area contributed by atoms with E-state index in [1.54, 1.807) is 0 Å². The van der Waals surface area contributed by atoms with Crippen LogP contribution in [0.1, 0.15) is 25.8 Å². The van der Waals surface area contributed by atoms with Crippen LogP contribution >= 0.6 is 0 Å². The Labute approximate surface area is 87.8 Å². The van der Waals surface area contributed by atoms with Gasteiger partial charge in [0.25, 0.3) is 0 Å². The molecule has 0 aliphatic rings. The molecule has 2 aromatic rings. The molecule has 0 saturated heterocycles. The first kappa shape index (κ1) is 9.77. The van der Waals surface area contributed by atoms with Crippen LogP contribution in [-0.2, 0) is 0 Å². The Balaban J connectivity index is 2.75. The highest BCUT2D eigenvalue weighted by molar-refractivity contribution is 5.88. The number of hydrogen-bond acceptors (Lipinski definition) is 1. The Morgan fingerprint density at radius 2 is 2.20 bits per heavy atom. The third kappa shape index (κ3) is 1.61. The predicted octanol–water partition coefficient (Wildman–Crippen LogP) is 2.67. The number of imidazole rings is 1. The predicted molar refractivity (Wildman–Crippen MR) is 62.9 cm³/mol. The Hall–Kier alpha value is -1.77. The van der Waals surface area contributed by atoms with Crippen molar-refractivity contribution in [3.63, 3.8) is 0 Å². The van der Waals surface area contributed by atoms with Crippen molar-refractivity contribution >= 4 is 16.6 Å². The summed E-state index contributed by atoms with van der Waals surface area (Å²) in [5.74, 6) is 0. The molecule has 0 fully saturated rings. The van der Waals surface area contributed by atoms with E-state index in [0.29, 0.717) is 0 Å². The van der Waals surface area contributed by atoms with Gasteiger partial charge in [-0.25, -0.2) is 4.79 Å².